The summed E-state index contributed by atoms with van der Waals surface area (Å²) >= 11 is 0. The van der Waals surface area contributed by atoms with E-state index in [-0.39, 0.29) is 18.1 Å². The van der Waals surface area contributed by atoms with Crippen LogP contribution in [0.15, 0.2) is 12.3 Å². The molecule has 1 N–H and O–H groups in total. The van der Waals surface area contributed by atoms with Crippen molar-refractivity contribution in [1.29, 1.82) is 0 Å². The average Bonchev–Trinajstić information content (AvgIpc) is 3.06. The number of carbonyl (C=O) groups is 2. The highest BCUT2D eigenvalue weighted by atomic mass is 16.4. The van der Waals surface area contributed by atoms with Gasteiger partial charge in [0.2, 0.25) is 5.91 Å². The Kier molecular flexibility index (Phi) is 4.83. The lowest BCUT2D eigenvalue weighted by Gasteiger charge is -2.17. The number of amides is 1. The van der Waals surface area contributed by atoms with Gasteiger partial charge in [0.1, 0.15) is 6.54 Å². The predicted molar refractivity (Wildman–Crippen MR) is 83.0 cm³/mol. The van der Waals surface area contributed by atoms with Gasteiger partial charge in [-0.3, -0.25) is 14.2 Å². The topological polar surface area (TPSA) is 93.2 Å². The molecule has 0 spiro atoms. The van der Waals surface area contributed by atoms with Crippen molar-refractivity contribution in [3.8, 4) is 0 Å². The number of aromatic nitrogens is 4. The molecule has 8 nitrogen and oxygen atoms in total. The van der Waals surface area contributed by atoms with Crippen LogP contribution in [0.5, 0.6) is 0 Å². The lowest BCUT2D eigenvalue weighted by atomic mass is 10.2. The number of aromatic carboxylic acids is 1. The summed E-state index contributed by atoms with van der Waals surface area (Å²) in [6.45, 7) is 7.20. The van der Waals surface area contributed by atoms with E-state index >= 15 is 0 Å². The fourth-order valence-electron chi connectivity index (χ4n) is 2.42. The van der Waals surface area contributed by atoms with Crippen LogP contribution in [-0.4, -0.2) is 48.5 Å². The summed E-state index contributed by atoms with van der Waals surface area (Å²) in [5.74, 6) is -1.25. The number of hydrogen-bond acceptors (Lipinski definition) is 4. The fraction of sp³-hybridized carbons (Fsp3) is 0.467. The van der Waals surface area contributed by atoms with Gasteiger partial charge in [-0.1, -0.05) is 0 Å². The summed E-state index contributed by atoms with van der Waals surface area (Å²) in [4.78, 5) is 24.7. The van der Waals surface area contributed by atoms with Crippen molar-refractivity contribution in [2.45, 2.75) is 40.4 Å². The minimum Gasteiger partial charge on any atom is -0.476 e. The van der Waals surface area contributed by atoms with Crippen LogP contribution in [0.1, 0.15) is 34.4 Å². The molecule has 0 unspecified atom stereocenters. The van der Waals surface area contributed by atoms with Crippen molar-refractivity contribution < 1.29 is 14.7 Å². The van der Waals surface area contributed by atoms with Crippen LogP contribution >= 0.6 is 0 Å². The monoisotopic (exact) mass is 319 g/mol. The molecule has 0 aliphatic carbocycles. The quantitative estimate of drug-likeness (QED) is 0.860. The lowest BCUT2D eigenvalue weighted by molar-refractivity contribution is -0.131. The molecular weight excluding hydrogens is 298 g/mol. The van der Waals surface area contributed by atoms with Gasteiger partial charge < -0.3 is 10.0 Å². The van der Waals surface area contributed by atoms with Gasteiger partial charge in [-0.15, -0.1) is 0 Å². The second-order valence-electron chi connectivity index (χ2n) is 5.42. The highest BCUT2D eigenvalue weighted by Gasteiger charge is 2.17. The van der Waals surface area contributed by atoms with Gasteiger partial charge in [0.05, 0.1) is 5.69 Å². The molecule has 2 heterocycles. The van der Waals surface area contributed by atoms with E-state index in [0.29, 0.717) is 6.54 Å². The molecule has 0 aliphatic rings. The highest BCUT2D eigenvalue weighted by molar-refractivity contribution is 5.85. The summed E-state index contributed by atoms with van der Waals surface area (Å²) in [6.07, 6.45) is 1.49. The second-order valence-corrected chi connectivity index (χ2v) is 5.42. The number of carboxylic acid groups (broad SMARTS) is 1. The molecule has 124 valence electrons. The Morgan fingerprint density at radius 1 is 1.30 bits per heavy atom. The minimum absolute atomic E-state index is 0.00376. The predicted octanol–water partition coefficient (Wildman–Crippen LogP) is 1.07. The van der Waals surface area contributed by atoms with Crippen LogP contribution in [0.25, 0.3) is 0 Å². The molecule has 0 atom stereocenters. The highest BCUT2D eigenvalue weighted by Crippen LogP contribution is 2.15. The van der Waals surface area contributed by atoms with Crippen LogP contribution in [0.4, 0.5) is 0 Å². The van der Waals surface area contributed by atoms with Gasteiger partial charge in [0.15, 0.2) is 5.69 Å². The van der Waals surface area contributed by atoms with E-state index in [0.717, 1.165) is 23.5 Å². The number of carboxylic acids is 1. The number of carbonyl (C=O) groups excluding carboxylic acids is 1. The average molecular weight is 319 g/mol. The van der Waals surface area contributed by atoms with E-state index in [2.05, 4.69) is 10.2 Å². The molecule has 2 rings (SSSR count). The summed E-state index contributed by atoms with van der Waals surface area (Å²) in [5, 5.41) is 17.1. The first-order chi connectivity index (χ1) is 10.8. The van der Waals surface area contributed by atoms with Crippen LogP contribution in [0, 0.1) is 13.8 Å². The third kappa shape index (κ3) is 3.58. The van der Waals surface area contributed by atoms with E-state index in [9.17, 15) is 9.59 Å². The molecule has 0 saturated carbocycles. The number of likely N-dealkylation sites (N-methyl/N-ethyl adjacent to an activating group) is 1. The molecule has 0 saturated heterocycles. The van der Waals surface area contributed by atoms with Crippen molar-refractivity contribution in [3.05, 3.63) is 34.9 Å². The lowest BCUT2D eigenvalue weighted by Crippen LogP contribution is -2.30. The maximum Gasteiger partial charge on any atom is 0.356 e. The van der Waals surface area contributed by atoms with E-state index in [1.807, 2.05) is 25.5 Å². The third-order valence-corrected chi connectivity index (χ3v) is 3.81. The Balaban J connectivity index is 2.05. The molecule has 1 amide bonds. The molecule has 23 heavy (non-hydrogen) atoms. The van der Waals surface area contributed by atoms with Crippen molar-refractivity contribution in [2.24, 2.45) is 0 Å². The van der Waals surface area contributed by atoms with Crippen LogP contribution < -0.4 is 0 Å². The van der Waals surface area contributed by atoms with E-state index in [4.69, 9.17) is 5.11 Å². The van der Waals surface area contributed by atoms with Gasteiger partial charge in [-0.2, -0.15) is 10.2 Å². The van der Waals surface area contributed by atoms with Gasteiger partial charge in [0.25, 0.3) is 0 Å². The molecule has 0 fully saturated rings. The smallest absolute Gasteiger partial charge is 0.356 e. The van der Waals surface area contributed by atoms with E-state index < -0.39 is 5.97 Å². The number of aryl methyl sites for hydroxylation is 2. The molecule has 0 aliphatic heterocycles. The van der Waals surface area contributed by atoms with Crippen LogP contribution in [0.2, 0.25) is 0 Å². The van der Waals surface area contributed by atoms with Crippen molar-refractivity contribution >= 4 is 11.9 Å². The molecule has 2 aromatic rings. The standard InChI is InChI=1S/C15H21N5O3/c1-5-20-11(3)12(10(2)16-20)8-18(4)14(21)9-19-7-6-13(17-19)15(22)23/h6-7H,5,8-9H2,1-4H3,(H,22,23). The summed E-state index contributed by atoms with van der Waals surface area (Å²) in [5.41, 5.74) is 2.93. The van der Waals surface area contributed by atoms with E-state index in [1.165, 1.54) is 16.9 Å². The van der Waals surface area contributed by atoms with Crippen molar-refractivity contribution in [2.75, 3.05) is 7.05 Å². The molecule has 2 aromatic heterocycles. The molecule has 8 heteroatoms. The molecule has 0 radical (unpaired) electrons. The van der Waals surface area contributed by atoms with Gasteiger partial charge >= 0.3 is 5.97 Å². The SMILES string of the molecule is CCn1nc(C)c(CN(C)C(=O)Cn2ccc(C(=O)O)n2)c1C. The Labute approximate surface area is 134 Å². The zero-order chi connectivity index (χ0) is 17.1. The number of hydrogen-bond donors (Lipinski definition) is 1. The number of rotatable bonds is 6. The zero-order valence-corrected chi connectivity index (χ0v) is 13.8. The molecular formula is C15H21N5O3. The van der Waals surface area contributed by atoms with Gasteiger partial charge in [-0.25, -0.2) is 4.79 Å². The van der Waals surface area contributed by atoms with Crippen LogP contribution in [-0.2, 0) is 24.4 Å². The Morgan fingerprint density at radius 2 is 2.00 bits per heavy atom. The number of nitrogens with zero attached hydrogens (tertiary/aromatic N) is 5. The normalized spacial score (nSPS) is 10.8. The third-order valence-electron chi connectivity index (χ3n) is 3.81. The van der Waals surface area contributed by atoms with Crippen LogP contribution in [0.3, 0.4) is 0 Å². The second kappa shape index (κ2) is 6.64. The fourth-order valence-corrected chi connectivity index (χ4v) is 2.42. The first kappa shape index (κ1) is 16.7. The zero-order valence-electron chi connectivity index (χ0n) is 13.8. The molecule has 0 aromatic carbocycles. The summed E-state index contributed by atoms with van der Waals surface area (Å²) in [7, 11) is 1.71. The first-order valence-electron chi connectivity index (χ1n) is 7.37. The van der Waals surface area contributed by atoms with Gasteiger partial charge in [-0.05, 0) is 26.8 Å². The Morgan fingerprint density at radius 3 is 2.52 bits per heavy atom. The van der Waals surface area contributed by atoms with Crippen molar-refractivity contribution in [3.63, 3.8) is 0 Å². The minimum atomic E-state index is -1.11. The summed E-state index contributed by atoms with van der Waals surface area (Å²) < 4.78 is 3.24. The maximum absolute atomic E-state index is 12.3. The molecule has 0 bridgehead atoms. The Hall–Kier alpha value is -2.64. The first-order valence-corrected chi connectivity index (χ1v) is 7.37. The maximum atomic E-state index is 12.3. The summed E-state index contributed by atoms with van der Waals surface area (Å²) in [6, 6.07) is 1.37. The Bertz CT molecular complexity index is 732. The van der Waals surface area contributed by atoms with E-state index in [1.54, 1.807) is 11.9 Å². The van der Waals surface area contributed by atoms with Gasteiger partial charge in [0, 0.05) is 37.6 Å². The van der Waals surface area contributed by atoms with Crippen molar-refractivity contribution in [1.82, 2.24) is 24.5 Å². The largest absolute Gasteiger partial charge is 0.476 e.